The van der Waals surface area contributed by atoms with E-state index >= 15 is 0 Å². The number of benzene rings is 1. The molecule has 4 heteroatoms. The molecule has 0 N–H and O–H groups in total. The molecule has 1 heterocycles. The molecule has 1 aromatic heterocycles. The minimum Gasteiger partial charge on any atom is -0.327 e. The first-order valence-corrected chi connectivity index (χ1v) is 8.00. The van der Waals surface area contributed by atoms with Crippen LogP contribution in [0.15, 0.2) is 22.7 Å². The Morgan fingerprint density at radius 1 is 1.37 bits per heavy atom. The highest BCUT2D eigenvalue weighted by molar-refractivity contribution is 9.10. The van der Waals surface area contributed by atoms with Crippen molar-refractivity contribution in [3.05, 3.63) is 28.5 Å². The first kappa shape index (κ1) is 14.9. The Balaban J connectivity index is 2.53. The zero-order chi connectivity index (χ0) is 14.0. The van der Waals surface area contributed by atoms with Gasteiger partial charge in [-0.05, 0) is 30.0 Å². The van der Waals surface area contributed by atoms with Crippen LogP contribution in [0.4, 0.5) is 0 Å². The third-order valence-electron chi connectivity index (χ3n) is 3.65. The molecule has 2 aromatic rings. The van der Waals surface area contributed by atoms with Crippen molar-refractivity contribution in [2.75, 3.05) is 5.88 Å². The van der Waals surface area contributed by atoms with Crippen molar-refractivity contribution < 1.29 is 0 Å². The zero-order valence-electron chi connectivity index (χ0n) is 11.7. The second-order valence-corrected chi connectivity index (χ2v) is 7.00. The highest BCUT2D eigenvalue weighted by atomic mass is 79.9. The number of hydrogen-bond acceptors (Lipinski definition) is 1. The number of alkyl halides is 1. The standard InChI is InChI=1S/C15H20BrClN2/c1-4-15(2,3)10-19-13-9-11(16)5-6-12(13)18-14(19)7-8-17/h5-6,9H,4,7-8,10H2,1-3H3. The van der Waals surface area contributed by atoms with Gasteiger partial charge in [0.25, 0.3) is 0 Å². The van der Waals surface area contributed by atoms with Crippen LogP contribution in [0.5, 0.6) is 0 Å². The summed E-state index contributed by atoms with van der Waals surface area (Å²) in [5, 5.41) is 0. The highest BCUT2D eigenvalue weighted by Crippen LogP contribution is 2.28. The van der Waals surface area contributed by atoms with E-state index in [0.717, 1.165) is 35.2 Å². The van der Waals surface area contributed by atoms with Gasteiger partial charge in [0.15, 0.2) is 0 Å². The van der Waals surface area contributed by atoms with E-state index in [0.29, 0.717) is 5.88 Å². The summed E-state index contributed by atoms with van der Waals surface area (Å²) in [5.74, 6) is 1.70. The molecule has 0 aliphatic carbocycles. The van der Waals surface area contributed by atoms with Crippen molar-refractivity contribution in [2.24, 2.45) is 5.41 Å². The van der Waals surface area contributed by atoms with Crippen molar-refractivity contribution in [2.45, 2.75) is 40.2 Å². The van der Waals surface area contributed by atoms with Gasteiger partial charge in [0.05, 0.1) is 11.0 Å². The van der Waals surface area contributed by atoms with Crippen molar-refractivity contribution in [1.29, 1.82) is 0 Å². The van der Waals surface area contributed by atoms with Gasteiger partial charge in [0.1, 0.15) is 5.82 Å². The maximum Gasteiger partial charge on any atom is 0.111 e. The topological polar surface area (TPSA) is 17.8 Å². The van der Waals surface area contributed by atoms with E-state index in [1.54, 1.807) is 0 Å². The molecule has 1 aromatic carbocycles. The number of aryl methyl sites for hydroxylation is 1. The smallest absolute Gasteiger partial charge is 0.111 e. The molecule has 0 fully saturated rings. The normalized spacial score (nSPS) is 12.3. The predicted molar refractivity (Wildman–Crippen MR) is 85.9 cm³/mol. The number of hydrogen-bond donors (Lipinski definition) is 0. The lowest BCUT2D eigenvalue weighted by atomic mass is 9.90. The van der Waals surface area contributed by atoms with Crippen LogP contribution in [0.25, 0.3) is 11.0 Å². The largest absolute Gasteiger partial charge is 0.327 e. The van der Waals surface area contributed by atoms with Crippen molar-refractivity contribution in [3.8, 4) is 0 Å². The summed E-state index contributed by atoms with van der Waals surface area (Å²) >= 11 is 9.45. The Bertz CT molecular complexity index is 575. The molecule has 0 saturated heterocycles. The summed E-state index contributed by atoms with van der Waals surface area (Å²) in [7, 11) is 0. The Kier molecular flexibility index (Phi) is 4.57. The van der Waals surface area contributed by atoms with E-state index in [1.807, 2.05) is 6.07 Å². The molecule has 0 saturated carbocycles. The monoisotopic (exact) mass is 342 g/mol. The minimum atomic E-state index is 0.261. The van der Waals surface area contributed by atoms with Gasteiger partial charge in [-0.1, -0.05) is 36.7 Å². The molecule has 0 aliphatic heterocycles. The van der Waals surface area contributed by atoms with Gasteiger partial charge in [-0.2, -0.15) is 0 Å². The summed E-state index contributed by atoms with van der Waals surface area (Å²) in [5.41, 5.74) is 2.50. The number of nitrogens with zero attached hydrogens (tertiary/aromatic N) is 2. The Labute approximate surface area is 128 Å². The molecule has 0 aliphatic rings. The fourth-order valence-corrected chi connectivity index (χ4v) is 2.66. The minimum absolute atomic E-state index is 0.261. The quantitative estimate of drug-likeness (QED) is 0.697. The van der Waals surface area contributed by atoms with E-state index in [9.17, 15) is 0 Å². The maximum atomic E-state index is 5.91. The van der Waals surface area contributed by atoms with E-state index in [-0.39, 0.29) is 5.41 Å². The fourth-order valence-electron chi connectivity index (χ4n) is 2.14. The van der Waals surface area contributed by atoms with Crippen molar-refractivity contribution >= 4 is 38.6 Å². The second-order valence-electron chi connectivity index (χ2n) is 5.70. The Hall–Kier alpha value is -0.540. The highest BCUT2D eigenvalue weighted by Gasteiger charge is 2.20. The van der Waals surface area contributed by atoms with Gasteiger partial charge in [0.2, 0.25) is 0 Å². The molecule has 0 atom stereocenters. The van der Waals surface area contributed by atoms with Crippen LogP contribution in [-0.4, -0.2) is 15.4 Å². The second kappa shape index (κ2) is 5.84. The van der Waals surface area contributed by atoms with Crippen LogP contribution in [0.2, 0.25) is 0 Å². The molecule has 0 amide bonds. The van der Waals surface area contributed by atoms with Gasteiger partial charge in [-0.15, -0.1) is 11.6 Å². The van der Waals surface area contributed by atoms with Gasteiger partial charge in [-0.3, -0.25) is 0 Å². The van der Waals surface area contributed by atoms with Crippen LogP contribution < -0.4 is 0 Å². The van der Waals surface area contributed by atoms with Gasteiger partial charge in [-0.25, -0.2) is 4.98 Å². The summed E-state index contributed by atoms with van der Waals surface area (Å²) in [4.78, 5) is 4.72. The van der Waals surface area contributed by atoms with E-state index in [4.69, 9.17) is 16.6 Å². The molecule has 104 valence electrons. The number of halogens is 2. The number of imidazole rings is 1. The van der Waals surface area contributed by atoms with Crippen molar-refractivity contribution in [3.63, 3.8) is 0 Å². The predicted octanol–water partition coefficient (Wildman–Crippen LogP) is 5.02. The fraction of sp³-hybridized carbons (Fsp3) is 0.533. The number of aromatic nitrogens is 2. The molecule has 0 unspecified atom stereocenters. The third kappa shape index (κ3) is 3.32. The summed E-state index contributed by atoms with van der Waals surface area (Å²) in [6, 6.07) is 6.24. The first-order chi connectivity index (χ1) is 8.96. The third-order valence-corrected chi connectivity index (χ3v) is 4.33. The molecule has 19 heavy (non-hydrogen) atoms. The molecule has 2 rings (SSSR count). The average molecular weight is 344 g/mol. The lowest BCUT2D eigenvalue weighted by Gasteiger charge is -2.24. The van der Waals surface area contributed by atoms with Crippen LogP contribution in [0.1, 0.15) is 33.0 Å². The summed E-state index contributed by atoms with van der Waals surface area (Å²) < 4.78 is 3.42. The molecule has 0 spiro atoms. The van der Waals surface area contributed by atoms with Crippen LogP contribution >= 0.6 is 27.5 Å². The molecular formula is C15H20BrClN2. The van der Waals surface area contributed by atoms with Crippen LogP contribution in [0.3, 0.4) is 0 Å². The van der Waals surface area contributed by atoms with E-state index in [2.05, 4.69) is 53.4 Å². The maximum absolute atomic E-state index is 5.91. The van der Waals surface area contributed by atoms with E-state index in [1.165, 1.54) is 5.52 Å². The number of fused-ring (bicyclic) bond motifs is 1. The first-order valence-electron chi connectivity index (χ1n) is 6.67. The average Bonchev–Trinajstić information content (AvgIpc) is 2.68. The molecule has 2 nitrogen and oxygen atoms in total. The summed E-state index contributed by atoms with van der Waals surface area (Å²) in [6.07, 6.45) is 1.95. The number of rotatable bonds is 5. The lowest BCUT2D eigenvalue weighted by molar-refractivity contribution is 0.294. The zero-order valence-corrected chi connectivity index (χ0v) is 14.1. The van der Waals surface area contributed by atoms with E-state index < -0.39 is 0 Å². The van der Waals surface area contributed by atoms with Crippen LogP contribution in [0, 0.1) is 5.41 Å². The Morgan fingerprint density at radius 3 is 2.74 bits per heavy atom. The summed E-state index contributed by atoms with van der Waals surface area (Å²) in [6.45, 7) is 7.79. The van der Waals surface area contributed by atoms with Gasteiger partial charge < -0.3 is 4.57 Å². The van der Waals surface area contributed by atoms with Gasteiger partial charge in [0, 0.05) is 23.3 Å². The molecule has 0 radical (unpaired) electrons. The van der Waals surface area contributed by atoms with Crippen LogP contribution in [-0.2, 0) is 13.0 Å². The lowest BCUT2D eigenvalue weighted by Crippen LogP contribution is -2.20. The molecule has 0 bridgehead atoms. The SMILES string of the molecule is CCC(C)(C)Cn1c(CCCl)nc2ccc(Br)cc21. The van der Waals surface area contributed by atoms with Crippen molar-refractivity contribution in [1.82, 2.24) is 9.55 Å². The molecular weight excluding hydrogens is 324 g/mol. The Morgan fingerprint density at radius 2 is 2.11 bits per heavy atom. The van der Waals surface area contributed by atoms with Gasteiger partial charge >= 0.3 is 0 Å².